The van der Waals surface area contributed by atoms with Crippen LogP contribution in [0.4, 0.5) is 0 Å². The highest BCUT2D eigenvalue weighted by Crippen LogP contribution is 1.87. The van der Waals surface area contributed by atoms with Gasteiger partial charge in [0.15, 0.2) is 0 Å². The van der Waals surface area contributed by atoms with E-state index in [2.05, 4.69) is 12.6 Å². The summed E-state index contributed by atoms with van der Waals surface area (Å²) in [5.41, 5.74) is 0. The van der Waals surface area contributed by atoms with Gasteiger partial charge >= 0.3 is 5.97 Å². The maximum absolute atomic E-state index is 10.1. The fourth-order valence-corrected chi connectivity index (χ4v) is 1.09. The van der Waals surface area contributed by atoms with Gasteiger partial charge in [-0.15, -0.1) is 0 Å². The number of hydrogen-bond acceptors (Lipinski definition) is 3. The topological polar surface area (TPSA) is 86.6 Å². The molecule has 0 saturated carbocycles. The third kappa shape index (κ3) is 3.83. The molecule has 0 radical (unpaired) electrons. The molecule has 10 heavy (non-hydrogen) atoms. The molecular weight excluding hydrogens is 178 g/mol. The SMILES string of the molecule is O=C(O)[C@@H](CS)NS(=O)O. The van der Waals surface area contributed by atoms with E-state index in [0.717, 1.165) is 0 Å². The highest BCUT2D eigenvalue weighted by Gasteiger charge is 2.16. The van der Waals surface area contributed by atoms with Gasteiger partial charge in [-0.2, -0.15) is 17.4 Å². The molecule has 5 nitrogen and oxygen atoms in total. The molecule has 3 N–H and O–H groups in total. The molecule has 0 fully saturated rings. The van der Waals surface area contributed by atoms with Gasteiger partial charge in [0.1, 0.15) is 6.04 Å². The van der Waals surface area contributed by atoms with Crippen molar-refractivity contribution in [2.75, 3.05) is 5.75 Å². The summed E-state index contributed by atoms with van der Waals surface area (Å²) < 4.78 is 20.0. The maximum Gasteiger partial charge on any atom is 0.322 e. The third-order valence-corrected chi connectivity index (χ3v) is 1.58. The van der Waals surface area contributed by atoms with Gasteiger partial charge in [-0.25, -0.2) is 4.21 Å². The van der Waals surface area contributed by atoms with Crippen molar-refractivity contribution >= 4 is 29.9 Å². The lowest BCUT2D eigenvalue weighted by Crippen LogP contribution is -2.38. The summed E-state index contributed by atoms with van der Waals surface area (Å²) in [6.45, 7) is 0. The molecule has 0 aliphatic carbocycles. The Bertz CT molecular complexity index is 149. The lowest BCUT2D eigenvalue weighted by molar-refractivity contribution is -0.138. The second-order valence-corrected chi connectivity index (χ2v) is 2.54. The zero-order valence-electron chi connectivity index (χ0n) is 4.85. The number of carboxylic acids is 1. The van der Waals surface area contributed by atoms with Gasteiger partial charge < -0.3 is 5.11 Å². The summed E-state index contributed by atoms with van der Waals surface area (Å²) in [6, 6.07) is -1.07. The second-order valence-electron chi connectivity index (χ2n) is 1.44. The summed E-state index contributed by atoms with van der Waals surface area (Å²) in [5, 5.41) is 8.27. The van der Waals surface area contributed by atoms with Crippen molar-refractivity contribution in [2.45, 2.75) is 6.04 Å². The minimum Gasteiger partial charge on any atom is -0.480 e. The standard InChI is InChI=1S/C3H7NO4S2/c5-3(6)2(1-9)4-10(7)8/h2,4,9H,1H2,(H,5,6)(H,7,8)/t2-/m1/s1. The van der Waals surface area contributed by atoms with Crippen LogP contribution in [0.15, 0.2) is 0 Å². The van der Waals surface area contributed by atoms with E-state index >= 15 is 0 Å². The minimum absolute atomic E-state index is 0.0262. The lowest BCUT2D eigenvalue weighted by atomic mass is 10.4. The number of hydrogen-bond donors (Lipinski definition) is 4. The van der Waals surface area contributed by atoms with Crippen molar-refractivity contribution in [1.29, 1.82) is 0 Å². The second kappa shape index (κ2) is 4.67. The average Bonchev–Trinajstić information content (AvgIpc) is 1.81. The van der Waals surface area contributed by atoms with E-state index in [0.29, 0.717) is 0 Å². The van der Waals surface area contributed by atoms with Crippen molar-refractivity contribution in [1.82, 2.24) is 4.72 Å². The van der Waals surface area contributed by atoms with Crippen LogP contribution in [-0.2, 0) is 16.1 Å². The van der Waals surface area contributed by atoms with Gasteiger partial charge in [0.25, 0.3) is 0 Å². The van der Waals surface area contributed by atoms with Crippen LogP contribution < -0.4 is 4.72 Å². The van der Waals surface area contributed by atoms with E-state index in [9.17, 15) is 9.00 Å². The van der Waals surface area contributed by atoms with Crippen molar-refractivity contribution in [3.63, 3.8) is 0 Å². The average molecular weight is 185 g/mol. The first-order valence-electron chi connectivity index (χ1n) is 2.28. The molecule has 0 spiro atoms. The number of nitrogens with one attached hydrogen (secondary N) is 1. The van der Waals surface area contributed by atoms with Crippen molar-refractivity contribution in [3.05, 3.63) is 0 Å². The molecule has 0 aromatic heterocycles. The molecule has 0 aromatic carbocycles. The van der Waals surface area contributed by atoms with Crippen molar-refractivity contribution < 1.29 is 18.7 Å². The summed E-state index contributed by atoms with van der Waals surface area (Å²) in [4.78, 5) is 10.1. The molecule has 0 aromatic rings. The van der Waals surface area contributed by atoms with Gasteiger partial charge in [-0.1, -0.05) is 0 Å². The molecule has 0 bridgehead atoms. The molecule has 0 saturated heterocycles. The normalized spacial score (nSPS) is 16.2. The first kappa shape index (κ1) is 9.89. The molecule has 0 amide bonds. The van der Waals surface area contributed by atoms with E-state index in [-0.39, 0.29) is 5.75 Å². The molecule has 0 rings (SSSR count). The van der Waals surface area contributed by atoms with Gasteiger partial charge in [0.2, 0.25) is 11.3 Å². The summed E-state index contributed by atoms with van der Waals surface area (Å²) in [5.74, 6) is -1.22. The summed E-state index contributed by atoms with van der Waals surface area (Å²) in [6.07, 6.45) is 0. The highest BCUT2D eigenvalue weighted by molar-refractivity contribution is 7.80. The van der Waals surface area contributed by atoms with E-state index < -0.39 is 23.3 Å². The molecule has 60 valence electrons. The fraction of sp³-hybridized carbons (Fsp3) is 0.667. The maximum atomic E-state index is 10.1. The van der Waals surface area contributed by atoms with Crippen molar-refractivity contribution in [2.24, 2.45) is 0 Å². The molecule has 0 heterocycles. The smallest absolute Gasteiger partial charge is 0.322 e. The summed E-state index contributed by atoms with van der Waals surface area (Å²) >= 11 is 1.34. The minimum atomic E-state index is -2.30. The van der Waals surface area contributed by atoms with Gasteiger partial charge in [0, 0.05) is 5.75 Å². The predicted octanol–water partition coefficient (Wildman–Crippen LogP) is -0.904. The zero-order chi connectivity index (χ0) is 8.15. The molecule has 1 unspecified atom stereocenters. The quantitative estimate of drug-likeness (QED) is 0.337. The Balaban J connectivity index is 3.83. The first-order chi connectivity index (χ1) is 4.57. The largest absolute Gasteiger partial charge is 0.480 e. The monoisotopic (exact) mass is 185 g/mol. The molecular formula is C3H7NO4S2. The van der Waals surface area contributed by atoms with Crippen LogP contribution in [-0.4, -0.2) is 31.6 Å². The predicted molar refractivity (Wildman–Crippen MR) is 39.2 cm³/mol. The zero-order valence-corrected chi connectivity index (χ0v) is 6.56. The Hall–Kier alpha value is -0.110. The molecule has 7 heteroatoms. The number of rotatable bonds is 4. The fourth-order valence-electron chi connectivity index (χ4n) is 0.287. The van der Waals surface area contributed by atoms with E-state index in [4.69, 9.17) is 9.66 Å². The highest BCUT2D eigenvalue weighted by atomic mass is 32.2. The number of carbonyl (C=O) groups is 1. The molecule has 0 aliphatic heterocycles. The third-order valence-electron chi connectivity index (χ3n) is 0.724. The molecule has 2 atom stereocenters. The van der Waals surface area contributed by atoms with Gasteiger partial charge in [0.05, 0.1) is 0 Å². The van der Waals surface area contributed by atoms with Gasteiger partial charge in [-0.05, 0) is 0 Å². The molecule has 0 aliphatic rings. The Morgan fingerprint density at radius 1 is 1.80 bits per heavy atom. The van der Waals surface area contributed by atoms with E-state index in [1.165, 1.54) is 0 Å². The number of aliphatic carboxylic acids is 1. The van der Waals surface area contributed by atoms with Crippen LogP contribution in [0.25, 0.3) is 0 Å². The Morgan fingerprint density at radius 3 is 2.40 bits per heavy atom. The Morgan fingerprint density at radius 2 is 2.30 bits per heavy atom. The van der Waals surface area contributed by atoms with Crippen LogP contribution >= 0.6 is 12.6 Å². The first-order valence-corrected chi connectivity index (χ1v) is 4.02. The van der Waals surface area contributed by atoms with Crippen LogP contribution in [0.1, 0.15) is 0 Å². The number of carboxylic acid groups (broad SMARTS) is 1. The number of thiol groups is 1. The van der Waals surface area contributed by atoms with Gasteiger partial charge in [-0.3, -0.25) is 9.35 Å². The Labute approximate surface area is 65.6 Å². The Kier molecular flexibility index (Phi) is 4.62. The van der Waals surface area contributed by atoms with Crippen LogP contribution in [0.5, 0.6) is 0 Å². The van der Waals surface area contributed by atoms with Crippen LogP contribution in [0, 0.1) is 0 Å². The lowest BCUT2D eigenvalue weighted by Gasteiger charge is -2.06. The van der Waals surface area contributed by atoms with Crippen LogP contribution in [0.2, 0.25) is 0 Å². The van der Waals surface area contributed by atoms with Crippen molar-refractivity contribution in [3.8, 4) is 0 Å². The van der Waals surface area contributed by atoms with E-state index in [1.54, 1.807) is 0 Å². The summed E-state index contributed by atoms with van der Waals surface area (Å²) in [7, 11) is 0. The van der Waals surface area contributed by atoms with E-state index in [1.807, 2.05) is 4.72 Å². The van der Waals surface area contributed by atoms with Crippen LogP contribution in [0.3, 0.4) is 0 Å².